The van der Waals surface area contributed by atoms with Crippen LogP contribution in [-0.2, 0) is 6.42 Å². The number of nitrogens with zero attached hydrogens (tertiary/aromatic N) is 2. The summed E-state index contributed by atoms with van der Waals surface area (Å²) in [4.78, 5) is 16.4. The van der Waals surface area contributed by atoms with Crippen molar-refractivity contribution in [1.82, 2.24) is 15.2 Å². The second-order valence-corrected chi connectivity index (χ2v) is 5.25. The largest absolute Gasteiger partial charge is 0.321 e. The van der Waals surface area contributed by atoms with Gasteiger partial charge in [0, 0.05) is 18.1 Å². The third-order valence-electron chi connectivity index (χ3n) is 3.61. The number of nitrogens with one attached hydrogen (secondary N) is 2. The van der Waals surface area contributed by atoms with Crippen LogP contribution in [0.3, 0.4) is 0 Å². The Morgan fingerprint density at radius 2 is 2.05 bits per heavy atom. The Balaban J connectivity index is 1.74. The van der Waals surface area contributed by atoms with Gasteiger partial charge >= 0.3 is 0 Å². The number of rotatable bonds is 5. The number of pyridine rings is 1. The van der Waals surface area contributed by atoms with Gasteiger partial charge in [-0.1, -0.05) is 25.5 Å². The van der Waals surface area contributed by atoms with Crippen LogP contribution >= 0.6 is 0 Å². The number of hydrogen-bond donors (Lipinski definition) is 2. The van der Waals surface area contributed by atoms with Gasteiger partial charge in [-0.15, -0.1) is 0 Å². The predicted molar refractivity (Wildman–Crippen MR) is 86.9 cm³/mol. The normalized spacial score (nSPS) is 10.8. The van der Waals surface area contributed by atoms with Crippen LogP contribution < -0.4 is 5.32 Å². The smallest absolute Gasteiger partial charge is 0.276 e. The second kappa shape index (κ2) is 6.39. The maximum absolute atomic E-state index is 12.3. The number of carbonyl (C=O) groups is 1. The summed E-state index contributed by atoms with van der Waals surface area (Å²) in [7, 11) is 0. The van der Waals surface area contributed by atoms with Crippen LogP contribution in [0.1, 0.15) is 35.8 Å². The predicted octanol–water partition coefficient (Wildman–Crippen LogP) is 3.55. The minimum atomic E-state index is -0.236. The monoisotopic (exact) mass is 294 g/mol. The molecule has 2 N–H and O–H groups in total. The van der Waals surface area contributed by atoms with E-state index < -0.39 is 0 Å². The standard InChI is InChI=1S/C17H18N4O/c1-2-3-4-12-5-7-13(8-6-12)19-17(22)16-14-11-18-10-9-15(14)20-21-16/h5-11H,2-4H2,1H3,(H,19,22)(H,20,21). The Kier molecular flexibility index (Phi) is 4.14. The van der Waals surface area contributed by atoms with Gasteiger partial charge in [0.2, 0.25) is 0 Å². The molecular weight excluding hydrogens is 276 g/mol. The van der Waals surface area contributed by atoms with Crippen molar-refractivity contribution in [1.29, 1.82) is 0 Å². The molecule has 0 aliphatic heterocycles. The molecule has 112 valence electrons. The van der Waals surface area contributed by atoms with E-state index >= 15 is 0 Å². The van der Waals surface area contributed by atoms with Crippen molar-refractivity contribution < 1.29 is 4.79 Å². The number of aryl methyl sites for hydroxylation is 1. The topological polar surface area (TPSA) is 70.7 Å². The summed E-state index contributed by atoms with van der Waals surface area (Å²) in [5, 5.41) is 10.5. The Morgan fingerprint density at radius 3 is 2.82 bits per heavy atom. The van der Waals surface area contributed by atoms with Crippen molar-refractivity contribution in [2.24, 2.45) is 0 Å². The number of fused-ring (bicyclic) bond motifs is 1. The molecule has 0 spiro atoms. The van der Waals surface area contributed by atoms with Crippen molar-refractivity contribution in [3.05, 3.63) is 54.0 Å². The highest BCUT2D eigenvalue weighted by Crippen LogP contribution is 2.17. The first-order chi connectivity index (χ1) is 10.8. The summed E-state index contributed by atoms with van der Waals surface area (Å²) in [5.41, 5.74) is 3.22. The fourth-order valence-electron chi connectivity index (χ4n) is 2.36. The summed E-state index contributed by atoms with van der Waals surface area (Å²) >= 11 is 0. The van der Waals surface area contributed by atoms with Crippen LogP contribution in [0.25, 0.3) is 10.9 Å². The Morgan fingerprint density at radius 1 is 1.23 bits per heavy atom. The first kappa shape index (κ1) is 14.3. The first-order valence-corrected chi connectivity index (χ1v) is 7.46. The van der Waals surface area contributed by atoms with Crippen molar-refractivity contribution >= 4 is 22.5 Å². The Hall–Kier alpha value is -2.69. The number of amides is 1. The zero-order valence-electron chi connectivity index (χ0n) is 12.5. The number of aromatic nitrogens is 3. The molecule has 3 aromatic rings. The van der Waals surface area contributed by atoms with Crippen LogP contribution in [0.5, 0.6) is 0 Å². The molecule has 22 heavy (non-hydrogen) atoms. The lowest BCUT2D eigenvalue weighted by atomic mass is 10.1. The minimum absolute atomic E-state index is 0.236. The summed E-state index contributed by atoms with van der Waals surface area (Å²) in [5.74, 6) is -0.236. The van der Waals surface area contributed by atoms with Gasteiger partial charge in [-0.3, -0.25) is 14.9 Å². The van der Waals surface area contributed by atoms with Crippen LogP contribution in [0.2, 0.25) is 0 Å². The fraction of sp³-hybridized carbons (Fsp3) is 0.235. The Bertz CT molecular complexity index is 777. The molecular formula is C17H18N4O. The molecule has 2 aromatic heterocycles. The third kappa shape index (κ3) is 2.98. The van der Waals surface area contributed by atoms with Crippen molar-refractivity contribution in [3.8, 4) is 0 Å². The fourth-order valence-corrected chi connectivity index (χ4v) is 2.36. The molecule has 0 unspecified atom stereocenters. The molecule has 0 saturated heterocycles. The second-order valence-electron chi connectivity index (χ2n) is 5.25. The van der Waals surface area contributed by atoms with Crippen LogP contribution in [0.15, 0.2) is 42.7 Å². The number of H-pyrrole nitrogens is 1. The number of hydrogen-bond acceptors (Lipinski definition) is 3. The molecule has 2 heterocycles. The number of aromatic amines is 1. The van der Waals surface area contributed by atoms with E-state index in [1.54, 1.807) is 18.5 Å². The molecule has 5 nitrogen and oxygen atoms in total. The van der Waals surface area contributed by atoms with E-state index in [1.807, 2.05) is 12.1 Å². The zero-order chi connectivity index (χ0) is 15.4. The van der Waals surface area contributed by atoms with E-state index in [0.29, 0.717) is 5.69 Å². The van der Waals surface area contributed by atoms with E-state index in [4.69, 9.17) is 0 Å². The van der Waals surface area contributed by atoms with Crippen molar-refractivity contribution in [2.75, 3.05) is 5.32 Å². The summed E-state index contributed by atoms with van der Waals surface area (Å²) in [6.45, 7) is 2.18. The van der Waals surface area contributed by atoms with Crippen LogP contribution in [0.4, 0.5) is 5.69 Å². The zero-order valence-corrected chi connectivity index (χ0v) is 12.5. The maximum atomic E-state index is 12.3. The van der Waals surface area contributed by atoms with Gasteiger partial charge in [0.05, 0.1) is 10.9 Å². The van der Waals surface area contributed by atoms with E-state index in [2.05, 4.69) is 39.6 Å². The molecule has 1 amide bonds. The number of anilines is 1. The lowest BCUT2D eigenvalue weighted by molar-refractivity contribution is 0.102. The van der Waals surface area contributed by atoms with Gasteiger partial charge in [-0.25, -0.2) is 0 Å². The quantitative estimate of drug-likeness (QED) is 0.756. The van der Waals surface area contributed by atoms with E-state index in [1.165, 1.54) is 18.4 Å². The van der Waals surface area contributed by atoms with Gasteiger partial charge in [0.15, 0.2) is 5.69 Å². The molecule has 0 aliphatic rings. The summed E-state index contributed by atoms with van der Waals surface area (Å²) < 4.78 is 0. The highest BCUT2D eigenvalue weighted by molar-refractivity contribution is 6.10. The number of carbonyl (C=O) groups excluding carboxylic acids is 1. The molecule has 0 aliphatic carbocycles. The molecule has 1 aromatic carbocycles. The van der Waals surface area contributed by atoms with E-state index in [-0.39, 0.29) is 5.91 Å². The van der Waals surface area contributed by atoms with Gasteiger partial charge in [0.25, 0.3) is 5.91 Å². The average Bonchev–Trinajstić information content (AvgIpc) is 2.98. The van der Waals surface area contributed by atoms with Gasteiger partial charge in [-0.05, 0) is 36.6 Å². The van der Waals surface area contributed by atoms with Gasteiger partial charge < -0.3 is 5.32 Å². The van der Waals surface area contributed by atoms with Crippen molar-refractivity contribution in [2.45, 2.75) is 26.2 Å². The maximum Gasteiger partial charge on any atom is 0.276 e. The number of unbranched alkanes of at least 4 members (excludes halogenated alkanes) is 1. The highest BCUT2D eigenvalue weighted by atomic mass is 16.1. The van der Waals surface area contributed by atoms with E-state index in [9.17, 15) is 4.79 Å². The molecule has 0 bridgehead atoms. The minimum Gasteiger partial charge on any atom is -0.321 e. The SMILES string of the molecule is CCCCc1ccc(NC(=O)c2n[nH]c3ccncc23)cc1. The third-order valence-corrected chi connectivity index (χ3v) is 3.61. The molecule has 5 heteroatoms. The summed E-state index contributed by atoms with van der Waals surface area (Å²) in [6.07, 6.45) is 6.73. The molecule has 0 radical (unpaired) electrons. The lowest BCUT2D eigenvalue weighted by Crippen LogP contribution is -2.12. The van der Waals surface area contributed by atoms with E-state index in [0.717, 1.165) is 23.0 Å². The molecule has 0 fully saturated rings. The first-order valence-electron chi connectivity index (χ1n) is 7.46. The molecule has 0 atom stereocenters. The van der Waals surface area contributed by atoms with Crippen LogP contribution in [0, 0.1) is 0 Å². The van der Waals surface area contributed by atoms with Gasteiger partial charge in [-0.2, -0.15) is 5.10 Å². The average molecular weight is 294 g/mol. The lowest BCUT2D eigenvalue weighted by Gasteiger charge is -2.05. The number of benzene rings is 1. The van der Waals surface area contributed by atoms with Gasteiger partial charge in [0.1, 0.15) is 0 Å². The highest BCUT2D eigenvalue weighted by Gasteiger charge is 2.14. The molecule has 3 rings (SSSR count). The Labute approximate surface area is 128 Å². The molecule has 0 saturated carbocycles. The summed E-state index contributed by atoms with van der Waals surface area (Å²) in [6, 6.07) is 9.75. The van der Waals surface area contributed by atoms with Crippen molar-refractivity contribution in [3.63, 3.8) is 0 Å². The van der Waals surface area contributed by atoms with Crippen LogP contribution in [-0.4, -0.2) is 21.1 Å².